The minimum Gasteiger partial charge on any atom is -0.322 e. The molecule has 0 fully saturated rings. The Labute approximate surface area is 120 Å². The zero-order chi connectivity index (χ0) is 15.4. The second-order valence-corrected chi connectivity index (χ2v) is 4.51. The van der Waals surface area contributed by atoms with Crippen LogP contribution in [0.25, 0.3) is 0 Å². The number of amides is 1. The van der Waals surface area contributed by atoms with Gasteiger partial charge in [0.05, 0.1) is 4.92 Å². The third-order valence-corrected chi connectivity index (χ3v) is 2.84. The van der Waals surface area contributed by atoms with Gasteiger partial charge in [-0.15, -0.1) is 0 Å². The molecule has 1 amide bonds. The van der Waals surface area contributed by atoms with E-state index in [2.05, 4.69) is 5.32 Å². The largest absolute Gasteiger partial charge is 0.322 e. The summed E-state index contributed by atoms with van der Waals surface area (Å²) in [7, 11) is 0. The monoisotopic (exact) mass is 284 g/mol. The van der Waals surface area contributed by atoms with Crippen LogP contribution in [-0.2, 0) is 0 Å². The summed E-state index contributed by atoms with van der Waals surface area (Å²) < 4.78 is 0. The summed E-state index contributed by atoms with van der Waals surface area (Å²) in [6.45, 7) is 1.68. The molecule has 6 nitrogen and oxygen atoms in total. The number of anilines is 1. The normalized spacial score (nSPS) is 9.95. The molecule has 0 unspecified atom stereocenters. The maximum absolute atomic E-state index is 12.1. The number of carbonyl (C=O) groups is 2. The van der Waals surface area contributed by atoms with Gasteiger partial charge in [-0.05, 0) is 42.8 Å². The van der Waals surface area contributed by atoms with Gasteiger partial charge in [0, 0.05) is 28.9 Å². The topological polar surface area (TPSA) is 89.3 Å². The molecule has 0 bridgehead atoms. The van der Waals surface area contributed by atoms with E-state index in [9.17, 15) is 19.7 Å². The second-order valence-electron chi connectivity index (χ2n) is 4.51. The molecule has 0 aromatic heterocycles. The predicted molar refractivity (Wildman–Crippen MR) is 77.6 cm³/mol. The van der Waals surface area contributed by atoms with Gasteiger partial charge >= 0.3 is 0 Å². The number of benzene rings is 2. The van der Waals surface area contributed by atoms with Crippen LogP contribution in [0.15, 0.2) is 42.5 Å². The lowest BCUT2D eigenvalue weighted by atomic mass is 10.1. The van der Waals surface area contributed by atoms with Crippen molar-refractivity contribution >= 4 is 23.6 Å². The van der Waals surface area contributed by atoms with Gasteiger partial charge in [0.25, 0.3) is 11.6 Å². The van der Waals surface area contributed by atoms with E-state index in [1.807, 2.05) is 0 Å². The van der Waals surface area contributed by atoms with E-state index >= 15 is 0 Å². The number of aldehydes is 1. The van der Waals surface area contributed by atoms with Crippen LogP contribution in [0.3, 0.4) is 0 Å². The van der Waals surface area contributed by atoms with Crippen molar-refractivity contribution in [1.29, 1.82) is 0 Å². The Morgan fingerprint density at radius 1 is 1.19 bits per heavy atom. The molecule has 0 spiro atoms. The van der Waals surface area contributed by atoms with Crippen LogP contribution in [0.5, 0.6) is 0 Å². The maximum Gasteiger partial charge on any atom is 0.270 e. The van der Waals surface area contributed by atoms with Crippen LogP contribution in [0.2, 0.25) is 0 Å². The SMILES string of the molecule is Cc1cc(C(=O)Nc2ccc(C=O)cc2)cc([N+](=O)[O-])c1. The summed E-state index contributed by atoms with van der Waals surface area (Å²) in [4.78, 5) is 32.9. The van der Waals surface area contributed by atoms with Crippen molar-refractivity contribution in [3.05, 3.63) is 69.3 Å². The number of non-ortho nitro benzene ring substituents is 1. The zero-order valence-corrected chi connectivity index (χ0v) is 11.2. The molecule has 0 aliphatic rings. The molecule has 0 saturated heterocycles. The highest BCUT2D eigenvalue weighted by Gasteiger charge is 2.13. The molecule has 21 heavy (non-hydrogen) atoms. The molecular formula is C15H12N2O4. The minimum atomic E-state index is -0.539. The third kappa shape index (κ3) is 3.50. The van der Waals surface area contributed by atoms with Crippen LogP contribution in [-0.4, -0.2) is 17.1 Å². The van der Waals surface area contributed by atoms with Crippen molar-refractivity contribution in [2.75, 3.05) is 5.32 Å². The maximum atomic E-state index is 12.1. The van der Waals surface area contributed by atoms with Gasteiger partial charge in [0.2, 0.25) is 0 Å². The first kappa shape index (κ1) is 14.4. The fourth-order valence-electron chi connectivity index (χ4n) is 1.85. The smallest absolute Gasteiger partial charge is 0.270 e. The number of hydrogen-bond donors (Lipinski definition) is 1. The Balaban J connectivity index is 2.23. The average molecular weight is 284 g/mol. The van der Waals surface area contributed by atoms with Crippen molar-refractivity contribution < 1.29 is 14.5 Å². The first-order chi connectivity index (χ1) is 9.99. The van der Waals surface area contributed by atoms with E-state index in [1.54, 1.807) is 37.3 Å². The summed E-state index contributed by atoms with van der Waals surface area (Å²) in [5, 5.41) is 13.4. The molecule has 2 aromatic carbocycles. The van der Waals surface area contributed by atoms with Gasteiger partial charge in [-0.2, -0.15) is 0 Å². The van der Waals surface area contributed by atoms with Gasteiger partial charge in [0.1, 0.15) is 6.29 Å². The molecule has 0 radical (unpaired) electrons. The Bertz CT molecular complexity index is 708. The summed E-state index contributed by atoms with van der Waals surface area (Å²) in [5.74, 6) is -0.444. The molecule has 0 aliphatic carbocycles. The molecule has 0 aliphatic heterocycles. The van der Waals surface area contributed by atoms with E-state index in [-0.39, 0.29) is 11.3 Å². The lowest BCUT2D eigenvalue weighted by Crippen LogP contribution is -2.12. The third-order valence-electron chi connectivity index (χ3n) is 2.84. The van der Waals surface area contributed by atoms with Crippen molar-refractivity contribution in [1.82, 2.24) is 0 Å². The molecule has 0 saturated carbocycles. The lowest BCUT2D eigenvalue weighted by Gasteiger charge is -2.06. The molecule has 2 rings (SSSR count). The van der Waals surface area contributed by atoms with Crippen molar-refractivity contribution in [2.24, 2.45) is 0 Å². The highest BCUT2D eigenvalue weighted by molar-refractivity contribution is 6.04. The van der Waals surface area contributed by atoms with Crippen LogP contribution in [0, 0.1) is 17.0 Å². The van der Waals surface area contributed by atoms with Crippen molar-refractivity contribution in [3.8, 4) is 0 Å². The fraction of sp³-hybridized carbons (Fsp3) is 0.0667. The molecular weight excluding hydrogens is 272 g/mol. The number of rotatable bonds is 4. The fourth-order valence-corrected chi connectivity index (χ4v) is 1.85. The van der Waals surface area contributed by atoms with Crippen molar-refractivity contribution in [3.63, 3.8) is 0 Å². The first-order valence-electron chi connectivity index (χ1n) is 6.12. The van der Waals surface area contributed by atoms with Gasteiger partial charge < -0.3 is 5.32 Å². The standard InChI is InChI=1S/C15H12N2O4/c1-10-6-12(8-14(7-10)17(20)21)15(19)16-13-4-2-11(9-18)3-5-13/h2-9H,1H3,(H,16,19). The van der Waals surface area contributed by atoms with Gasteiger partial charge in [-0.25, -0.2) is 0 Å². The number of nitrogens with one attached hydrogen (secondary N) is 1. The first-order valence-corrected chi connectivity index (χ1v) is 6.12. The Kier molecular flexibility index (Phi) is 4.08. The van der Waals surface area contributed by atoms with E-state index < -0.39 is 10.8 Å². The van der Waals surface area contributed by atoms with E-state index in [0.29, 0.717) is 23.1 Å². The summed E-state index contributed by atoms with van der Waals surface area (Å²) in [6.07, 6.45) is 0.704. The number of carbonyl (C=O) groups excluding carboxylic acids is 2. The molecule has 0 atom stereocenters. The van der Waals surface area contributed by atoms with Gasteiger partial charge in [-0.3, -0.25) is 19.7 Å². The van der Waals surface area contributed by atoms with E-state index in [1.165, 1.54) is 12.1 Å². The quantitative estimate of drug-likeness (QED) is 0.531. The number of nitro groups is 1. The summed E-state index contributed by atoms with van der Waals surface area (Å²) >= 11 is 0. The number of nitro benzene ring substituents is 1. The molecule has 0 heterocycles. The Morgan fingerprint density at radius 2 is 1.86 bits per heavy atom. The number of hydrogen-bond acceptors (Lipinski definition) is 4. The summed E-state index contributed by atoms with van der Waals surface area (Å²) in [5.41, 5.74) is 1.72. The summed E-state index contributed by atoms with van der Waals surface area (Å²) in [6, 6.07) is 10.5. The molecule has 1 N–H and O–H groups in total. The Morgan fingerprint density at radius 3 is 2.43 bits per heavy atom. The van der Waals surface area contributed by atoms with Crippen LogP contribution in [0.4, 0.5) is 11.4 Å². The van der Waals surface area contributed by atoms with Gasteiger partial charge in [0.15, 0.2) is 0 Å². The molecule has 106 valence electrons. The lowest BCUT2D eigenvalue weighted by molar-refractivity contribution is -0.384. The zero-order valence-electron chi connectivity index (χ0n) is 11.2. The number of aryl methyl sites for hydroxylation is 1. The molecule has 2 aromatic rings. The average Bonchev–Trinajstić information content (AvgIpc) is 2.47. The van der Waals surface area contributed by atoms with Crippen LogP contribution in [0.1, 0.15) is 26.3 Å². The van der Waals surface area contributed by atoms with Crippen LogP contribution < -0.4 is 5.32 Å². The number of nitrogens with zero attached hydrogens (tertiary/aromatic N) is 1. The predicted octanol–water partition coefficient (Wildman–Crippen LogP) is 2.97. The van der Waals surface area contributed by atoms with E-state index in [4.69, 9.17) is 0 Å². The highest BCUT2D eigenvalue weighted by atomic mass is 16.6. The van der Waals surface area contributed by atoms with E-state index in [0.717, 1.165) is 0 Å². The molecule has 6 heteroatoms. The van der Waals surface area contributed by atoms with Gasteiger partial charge in [-0.1, -0.05) is 0 Å². The minimum absolute atomic E-state index is 0.128. The highest BCUT2D eigenvalue weighted by Crippen LogP contribution is 2.18. The van der Waals surface area contributed by atoms with Crippen LogP contribution >= 0.6 is 0 Å². The van der Waals surface area contributed by atoms with Crippen molar-refractivity contribution in [2.45, 2.75) is 6.92 Å². The second kappa shape index (κ2) is 5.96. The Hall–Kier alpha value is -3.02.